The summed E-state index contributed by atoms with van der Waals surface area (Å²) >= 11 is 0. The van der Waals surface area contributed by atoms with E-state index in [0.717, 1.165) is 71.6 Å². The van der Waals surface area contributed by atoms with Crippen molar-refractivity contribution in [1.82, 2.24) is 19.9 Å². The lowest BCUT2D eigenvalue weighted by Gasteiger charge is -2.21. The molecule has 0 saturated carbocycles. The van der Waals surface area contributed by atoms with Crippen molar-refractivity contribution in [3.8, 4) is 67.9 Å². The maximum atomic E-state index is 6.69. The van der Waals surface area contributed by atoms with Crippen LogP contribution in [0.2, 0.25) is 0 Å². The van der Waals surface area contributed by atoms with Crippen LogP contribution in [0.4, 0.5) is 0 Å². The Kier molecular flexibility index (Phi) is 7.17. The molecule has 0 fully saturated rings. The summed E-state index contributed by atoms with van der Waals surface area (Å²) in [6.45, 7) is 4.59. The lowest BCUT2D eigenvalue weighted by molar-refractivity contribution is 0.619. The molecule has 0 amide bonds. The van der Waals surface area contributed by atoms with Crippen LogP contribution in [0, 0.1) is 0 Å². The minimum atomic E-state index is -0.112. The molecule has 11 aromatic rings. The first-order chi connectivity index (χ1) is 29.0. The van der Waals surface area contributed by atoms with Gasteiger partial charge < -0.3 is 8.83 Å². The number of hydrogen-bond acceptors (Lipinski definition) is 6. The van der Waals surface area contributed by atoms with E-state index in [0.29, 0.717) is 28.9 Å². The average Bonchev–Trinajstić information content (AvgIpc) is 3.97. The third-order valence-electron chi connectivity index (χ3n) is 12.0. The van der Waals surface area contributed by atoms with Gasteiger partial charge in [-0.2, -0.15) is 0 Å². The van der Waals surface area contributed by atoms with Crippen molar-refractivity contribution in [2.75, 3.05) is 0 Å². The van der Waals surface area contributed by atoms with Gasteiger partial charge in [-0.15, -0.1) is 0 Å². The van der Waals surface area contributed by atoms with Gasteiger partial charge in [-0.1, -0.05) is 141 Å². The molecule has 3 heterocycles. The number of hydrogen-bond donors (Lipinski definition) is 0. The highest BCUT2D eigenvalue weighted by Crippen LogP contribution is 2.50. The fourth-order valence-corrected chi connectivity index (χ4v) is 9.08. The third-order valence-corrected chi connectivity index (χ3v) is 12.0. The largest absolute Gasteiger partial charge is 0.456 e. The lowest BCUT2D eigenvalue weighted by Crippen LogP contribution is -2.14. The van der Waals surface area contributed by atoms with Crippen molar-refractivity contribution in [3.63, 3.8) is 0 Å². The average molecular weight is 759 g/mol. The SMILES string of the molecule is CC1(C)c2ccccc2-c2cc(-c3nc(-c4cccc(-c5ccccc5)c4)nc(-c4cc5oc6ccc7oc(-c8ccccc8)nc7c6c5c5ccccc45)n3)ccc21. The zero-order valence-electron chi connectivity index (χ0n) is 32.3. The van der Waals surface area contributed by atoms with E-state index in [4.69, 9.17) is 28.8 Å². The van der Waals surface area contributed by atoms with Gasteiger partial charge in [-0.25, -0.2) is 19.9 Å². The molecule has 0 spiro atoms. The number of oxazole rings is 1. The van der Waals surface area contributed by atoms with Crippen molar-refractivity contribution in [2.45, 2.75) is 19.3 Å². The quantitative estimate of drug-likeness (QED) is 0.174. The number of fused-ring (bicyclic) bond motifs is 10. The molecule has 3 aromatic heterocycles. The number of nitrogens with zero attached hydrogens (tertiary/aromatic N) is 4. The highest BCUT2D eigenvalue weighted by atomic mass is 16.4. The molecule has 59 heavy (non-hydrogen) atoms. The number of benzene rings is 8. The molecule has 0 radical (unpaired) electrons. The second kappa shape index (κ2) is 12.7. The Morgan fingerprint density at radius 2 is 1.00 bits per heavy atom. The van der Waals surface area contributed by atoms with Gasteiger partial charge in [0.05, 0.1) is 5.39 Å². The van der Waals surface area contributed by atoms with Crippen molar-refractivity contribution >= 4 is 43.8 Å². The van der Waals surface area contributed by atoms with Crippen molar-refractivity contribution in [3.05, 3.63) is 181 Å². The minimum absolute atomic E-state index is 0.112. The first kappa shape index (κ1) is 33.4. The zero-order valence-corrected chi connectivity index (χ0v) is 32.3. The van der Waals surface area contributed by atoms with Crippen LogP contribution in [0.3, 0.4) is 0 Å². The number of aromatic nitrogens is 4. The molecule has 0 aliphatic heterocycles. The predicted molar refractivity (Wildman–Crippen MR) is 237 cm³/mol. The molecule has 278 valence electrons. The molecular formula is C53H34N4O2. The molecule has 6 nitrogen and oxygen atoms in total. The summed E-state index contributed by atoms with van der Waals surface area (Å²) in [5, 5.41) is 3.91. The topological polar surface area (TPSA) is 77.8 Å². The fourth-order valence-electron chi connectivity index (χ4n) is 9.08. The molecule has 12 rings (SSSR count). The van der Waals surface area contributed by atoms with Gasteiger partial charge in [0.1, 0.15) is 16.7 Å². The highest BCUT2D eigenvalue weighted by molar-refractivity contribution is 6.27. The maximum absolute atomic E-state index is 6.69. The second-order valence-corrected chi connectivity index (χ2v) is 15.8. The molecule has 0 unspecified atom stereocenters. The first-order valence-electron chi connectivity index (χ1n) is 19.9. The molecule has 0 N–H and O–H groups in total. The smallest absolute Gasteiger partial charge is 0.227 e. The van der Waals surface area contributed by atoms with E-state index >= 15 is 0 Å². The molecule has 0 bridgehead atoms. The van der Waals surface area contributed by atoms with Crippen LogP contribution in [-0.2, 0) is 5.41 Å². The lowest BCUT2D eigenvalue weighted by atomic mass is 9.82. The Morgan fingerprint density at radius 1 is 0.373 bits per heavy atom. The summed E-state index contributed by atoms with van der Waals surface area (Å²) in [6.07, 6.45) is 0. The van der Waals surface area contributed by atoms with Gasteiger partial charge in [0, 0.05) is 33.1 Å². The Labute approximate surface area is 339 Å². The van der Waals surface area contributed by atoms with E-state index in [1.807, 2.05) is 48.5 Å². The molecule has 6 heteroatoms. The predicted octanol–water partition coefficient (Wildman–Crippen LogP) is 13.7. The van der Waals surface area contributed by atoms with E-state index in [-0.39, 0.29) is 5.41 Å². The summed E-state index contributed by atoms with van der Waals surface area (Å²) in [7, 11) is 0. The normalized spacial score (nSPS) is 13.1. The second-order valence-electron chi connectivity index (χ2n) is 15.8. The highest BCUT2D eigenvalue weighted by Gasteiger charge is 2.35. The maximum Gasteiger partial charge on any atom is 0.227 e. The number of furan rings is 1. The summed E-state index contributed by atoms with van der Waals surface area (Å²) in [4.78, 5) is 20.8. The Balaban J connectivity index is 1.09. The summed E-state index contributed by atoms with van der Waals surface area (Å²) in [5.74, 6) is 2.33. The summed E-state index contributed by atoms with van der Waals surface area (Å²) in [6, 6.07) is 58.5. The van der Waals surface area contributed by atoms with E-state index in [1.54, 1.807) is 0 Å². The Bertz CT molecular complexity index is 3470. The van der Waals surface area contributed by atoms with Crippen molar-refractivity contribution in [1.29, 1.82) is 0 Å². The van der Waals surface area contributed by atoms with E-state index < -0.39 is 0 Å². The summed E-state index contributed by atoms with van der Waals surface area (Å²) < 4.78 is 13.0. The van der Waals surface area contributed by atoms with Gasteiger partial charge in [0.15, 0.2) is 23.1 Å². The zero-order chi connectivity index (χ0) is 39.2. The molecular weight excluding hydrogens is 725 g/mol. The van der Waals surface area contributed by atoms with E-state index in [1.165, 1.54) is 22.3 Å². The minimum Gasteiger partial charge on any atom is -0.456 e. The van der Waals surface area contributed by atoms with E-state index in [9.17, 15) is 0 Å². The van der Waals surface area contributed by atoms with Gasteiger partial charge >= 0.3 is 0 Å². The van der Waals surface area contributed by atoms with Gasteiger partial charge in [-0.3, -0.25) is 0 Å². The molecule has 0 saturated heterocycles. The fraction of sp³-hybridized carbons (Fsp3) is 0.0566. The standard InChI is InChI=1S/C53H34N4O2/c1-53(2)41-23-12-11-21-37(41)39-29-35(24-25-42(39)53)50-55-49(34-19-13-18-33(28-34)31-14-5-3-6-15-31)56-51(57-50)40-30-45-46(38-22-10-9-20-36(38)40)47-43(58-45)26-27-44-48(47)54-52(59-44)32-16-7-4-8-17-32/h3-30H,1-2H3. The van der Waals surface area contributed by atoms with Crippen LogP contribution < -0.4 is 0 Å². The monoisotopic (exact) mass is 758 g/mol. The van der Waals surface area contributed by atoms with Crippen molar-refractivity contribution in [2.24, 2.45) is 0 Å². The van der Waals surface area contributed by atoms with Crippen LogP contribution in [-0.4, -0.2) is 19.9 Å². The van der Waals surface area contributed by atoms with Gasteiger partial charge in [-0.05, 0) is 86.6 Å². The van der Waals surface area contributed by atoms with Crippen LogP contribution in [0.25, 0.3) is 112 Å². The van der Waals surface area contributed by atoms with Crippen LogP contribution in [0.1, 0.15) is 25.0 Å². The molecule has 0 atom stereocenters. The Hall–Kier alpha value is -7.70. The molecule has 1 aliphatic carbocycles. The van der Waals surface area contributed by atoms with Crippen LogP contribution >= 0.6 is 0 Å². The summed E-state index contributed by atoms with van der Waals surface area (Å²) in [5.41, 5.74) is 13.7. The molecule has 8 aromatic carbocycles. The van der Waals surface area contributed by atoms with Gasteiger partial charge in [0.2, 0.25) is 5.89 Å². The van der Waals surface area contributed by atoms with E-state index in [2.05, 4.69) is 135 Å². The third kappa shape index (κ3) is 5.19. The van der Waals surface area contributed by atoms with Gasteiger partial charge in [0.25, 0.3) is 0 Å². The Morgan fingerprint density at radius 3 is 1.81 bits per heavy atom. The van der Waals surface area contributed by atoms with Crippen molar-refractivity contribution < 1.29 is 8.83 Å². The first-order valence-corrected chi connectivity index (χ1v) is 19.9. The van der Waals surface area contributed by atoms with Crippen LogP contribution in [0.5, 0.6) is 0 Å². The van der Waals surface area contributed by atoms with Crippen LogP contribution in [0.15, 0.2) is 179 Å². The number of rotatable bonds is 5. The molecule has 1 aliphatic rings.